The van der Waals surface area contributed by atoms with E-state index in [2.05, 4.69) is 33.4 Å². The number of hydrogen-bond acceptors (Lipinski definition) is 2. The molecule has 0 aromatic carbocycles. The van der Waals surface area contributed by atoms with Crippen LogP contribution in [0.2, 0.25) is 0 Å². The van der Waals surface area contributed by atoms with E-state index in [1.807, 2.05) is 0 Å². The topological polar surface area (TPSA) is 40.5 Å². The van der Waals surface area contributed by atoms with E-state index in [4.69, 9.17) is 0 Å². The van der Waals surface area contributed by atoms with Gasteiger partial charge in [-0.2, -0.15) is 0 Å². The van der Waals surface area contributed by atoms with Crippen LogP contribution in [0.15, 0.2) is 12.7 Å². The van der Waals surface area contributed by atoms with Crippen LogP contribution in [0.5, 0.6) is 0 Å². The molecule has 3 aliphatic carbocycles. The van der Waals surface area contributed by atoms with Crippen LogP contribution in [0.3, 0.4) is 0 Å². The maximum absolute atomic E-state index is 11.6. The maximum atomic E-state index is 11.6. The molecule has 0 amide bonds. The van der Waals surface area contributed by atoms with Gasteiger partial charge in [0.25, 0.3) is 0 Å². The fraction of sp³-hybridized carbons (Fsp3) is 0.900. The van der Waals surface area contributed by atoms with Gasteiger partial charge in [-0.25, -0.2) is 0 Å². The van der Waals surface area contributed by atoms with E-state index in [-0.39, 0.29) is 22.9 Å². The van der Waals surface area contributed by atoms with Crippen LogP contribution >= 0.6 is 0 Å². The minimum absolute atomic E-state index is 0.116. The molecular weight excluding hydrogens is 272 g/mol. The minimum Gasteiger partial charge on any atom is -0.396 e. The highest BCUT2D eigenvalue weighted by molar-refractivity contribution is 5.15. The van der Waals surface area contributed by atoms with Crippen molar-refractivity contribution < 1.29 is 10.2 Å². The number of allylic oxidation sites excluding steroid dienone is 1. The van der Waals surface area contributed by atoms with Gasteiger partial charge in [-0.15, -0.1) is 6.58 Å². The molecule has 0 radical (unpaired) electrons. The lowest BCUT2D eigenvalue weighted by molar-refractivity contribution is -0.238. The fourth-order valence-electron chi connectivity index (χ4n) is 6.27. The van der Waals surface area contributed by atoms with Gasteiger partial charge in [-0.3, -0.25) is 0 Å². The predicted molar refractivity (Wildman–Crippen MR) is 90.5 cm³/mol. The standard InChI is InChI=1S/C20H34O2/c1-5-17(2)11-12-19(4)15(13-17)8-10-20(22)16(19)7-6-9-18(20,3)14-21/h5,15-16,21-22H,1,6-14H2,2-4H3/t15-,16+,17-,18-,19-,20-/m1/s1. The lowest BCUT2D eigenvalue weighted by atomic mass is 9.42. The molecule has 0 saturated heterocycles. The van der Waals surface area contributed by atoms with E-state index >= 15 is 0 Å². The zero-order valence-electron chi connectivity index (χ0n) is 14.7. The fourth-order valence-corrected chi connectivity index (χ4v) is 6.27. The van der Waals surface area contributed by atoms with E-state index in [0.717, 1.165) is 32.1 Å². The van der Waals surface area contributed by atoms with E-state index in [1.165, 1.54) is 19.3 Å². The van der Waals surface area contributed by atoms with Gasteiger partial charge in [-0.05, 0) is 67.6 Å². The van der Waals surface area contributed by atoms with Gasteiger partial charge in [0.05, 0.1) is 12.2 Å². The first-order chi connectivity index (χ1) is 10.2. The summed E-state index contributed by atoms with van der Waals surface area (Å²) in [6, 6.07) is 0. The van der Waals surface area contributed by atoms with Crippen molar-refractivity contribution in [3.63, 3.8) is 0 Å². The Labute approximate surface area is 136 Å². The Hall–Kier alpha value is -0.340. The van der Waals surface area contributed by atoms with Gasteiger partial charge < -0.3 is 10.2 Å². The quantitative estimate of drug-likeness (QED) is 0.746. The Morgan fingerprint density at radius 3 is 2.45 bits per heavy atom. The minimum atomic E-state index is -0.673. The normalized spacial score (nSPS) is 55.1. The summed E-state index contributed by atoms with van der Waals surface area (Å²) in [6.07, 6.45) is 10.9. The van der Waals surface area contributed by atoms with Crippen molar-refractivity contribution >= 4 is 0 Å². The molecule has 22 heavy (non-hydrogen) atoms. The molecule has 0 aromatic rings. The second kappa shape index (κ2) is 5.08. The Kier molecular flexibility index (Phi) is 3.81. The Morgan fingerprint density at radius 1 is 1.09 bits per heavy atom. The Morgan fingerprint density at radius 2 is 1.82 bits per heavy atom. The molecule has 2 heteroatoms. The van der Waals surface area contributed by atoms with Crippen molar-refractivity contribution in [3.05, 3.63) is 12.7 Å². The monoisotopic (exact) mass is 306 g/mol. The molecule has 0 unspecified atom stereocenters. The zero-order valence-corrected chi connectivity index (χ0v) is 14.7. The van der Waals surface area contributed by atoms with Crippen LogP contribution < -0.4 is 0 Å². The second-order valence-corrected chi connectivity index (χ2v) is 9.39. The highest BCUT2D eigenvalue weighted by Crippen LogP contribution is 2.66. The summed E-state index contributed by atoms with van der Waals surface area (Å²) in [5.41, 5.74) is -0.489. The Bertz CT molecular complexity index is 461. The smallest absolute Gasteiger partial charge is 0.0756 e. The summed E-state index contributed by atoms with van der Waals surface area (Å²) in [5.74, 6) is 1.04. The summed E-state index contributed by atoms with van der Waals surface area (Å²) in [5, 5.41) is 21.6. The average molecular weight is 306 g/mol. The average Bonchev–Trinajstić information content (AvgIpc) is 2.50. The second-order valence-electron chi connectivity index (χ2n) is 9.39. The first-order valence-electron chi connectivity index (χ1n) is 9.20. The van der Waals surface area contributed by atoms with E-state index in [9.17, 15) is 10.2 Å². The molecular formula is C20H34O2. The molecule has 6 atom stereocenters. The molecule has 3 saturated carbocycles. The Balaban J connectivity index is 1.95. The molecule has 3 aliphatic rings. The van der Waals surface area contributed by atoms with Crippen molar-refractivity contribution in [2.75, 3.05) is 6.61 Å². The van der Waals surface area contributed by atoms with Crippen LogP contribution in [0.1, 0.15) is 72.1 Å². The number of hydrogen-bond donors (Lipinski definition) is 2. The van der Waals surface area contributed by atoms with Gasteiger partial charge in [0.1, 0.15) is 0 Å². The number of fused-ring (bicyclic) bond motifs is 3. The highest BCUT2D eigenvalue weighted by Gasteiger charge is 2.63. The predicted octanol–water partition coefficient (Wildman–Crippen LogP) is 4.31. The van der Waals surface area contributed by atoms with Gasteiger partial charge >= 0.3 is 0 Å². The summed E-state index contributed by atoms with van der Waals surface area (Å²) in [6.45, 7) is 11.1. The maximum Gasteiger partial charge on any atom is 0.0756 e. The molecule has 0 aliphatic heterocycles. The summed E-state index contributed by atoms with van der Waals surface area (Å²) in [4.78, 5) is 0. The molecule has 3 rings (SSSR count). The third-order valence-electron chi connectivity index (χ3n) is 8.23. The van der Waals surface area contributed by atoms with Crippen molar-refractivity contribution in [3.8, 4) is 0 Å². The molecule has 3 fully saturated rings. The number of aliphatic hydroxyl groups excluding tert-OH is 1. The van der Waals surface area contributed by atoms with Crippen molar-refractivity contribution in [2.45, 2.75) is 77.7 Å². The van der Waals surface area contributed by atoms with Crippen LogP contribution in [-0.4, -0.2) is 22.4 Å². The molecule has 0 spiro atoms. The van der Waals surface area contributed by atoms with E-state index < -0.39 is 5.60 Å². The van der Waals surface area contributed by atoms with Gasteiger partial charge in [0.15, 0.2) is 0 Å². The van der Waals surface area contributed by atoms with Crippen molar-refractivity contribution in [1.82, 2.24) is 0 Å². The molecule has 0 aromatic heterocycles. The lowest BCUT2D eigenvalue weighted by Gasteiger charge is -2.65. The molecule has 0 heterocycles. The summed E-state index contributed by atoms with van der Waals surface area (Å²) in [7, 11) is 0. The summed E-state index contributed by atoms with van der Waals surface area (Å²) < 4.78 is 0. The van der Waals surface area contributed by atoms with Crippen molar-refractivity contribution in [1.29, 1.82) is 0 Å². The van der Waals surface area contributed by atoms with Gasteiger partial charge in [0.2, 0.25) is 0 Å². The van der Waals surface area contributed by atoms with Gasteiger partial charge in [0, 0.05) is 5.41 Å². The number of aliphatic hydroxyl groups is 2. The van der Waals surface area contributed by atoms with E-state index in [0.29, 0.717) is 11.8 Å². The molecule has 2 nitrogen and oxygen atoms in total. The van der Waals surface area contributed by atoms with Crippen LogP contribution in [-0.2, 0) is 0 Å². The molecule has 2 N–H and O–H groups in total. The zero-order chi connectivity index (χ0) is 16.2. The largest absolute Gasteiger partial charge is 0.396 e. The summed E-state index contributed by atoms with van der Waals surface area (Å²) >= 11 is 0. The number of rotatable bonds is 2. The third-order valence-corrected chi connectivity index (χ3v) is 8.23. The van der Waals surface area contributed by atoms with Crippen molar-refractivity contribution in [2.24, 2.45) is 28.1 Å². The van der Waals surface area contributed by atoms with E-state index in [1.54, 1.807) is 0 Å². The third kappa shape index (κ3) is 2.06. The first kappa shape index (κ1) is 16.5. The van der Waals surface area contributed by atoms with Crippen LogP contribution in [0, 0.1) is 28.1 Å². The van der Waals surface area contributed by atoms with Crippen LogP contribution in [0.25, 0.3) is 0 Å². The lowest BCUT2D eigenvalue weighted by Crippen LogP contribution is -2.65. The molecule has 0 bridgehead atoms. The van der Waals surface area contributed by atoms with Crippen LogP contribution in [0.4, 0.5) is 0 Å². The first-order valence-corrected chi connectivity index (χ1v) is 9.20. The molecule has 126 valence electrons. The SMILES string of the molecule is C=C[C@]1(C)CC[C@]2(C)[C@H](CC[C@@]3(O)[C@H]2CCC[C@]3(C)CO)C1. The highest BCUT2D eigenvalue weighted by atomic mass is 16.3. The van der Waals surface area contributed by atoms with Gasteiger partial charge in [-0.1, -0.05) is 33.3 Å².